The molecule has 3 rings (SSSR count). The van der Waals surface area contributed by atoms with E-state index < -0.39 is 0 Å². The average Bonchev–Trinajstić information content (AvgIpc) is 2.72. The molecule has 2 aromatic carbocycles. The van der Waals surface area contributed by atoms with Crippen LogP contribution in [0.1, 0.15) is 22.3 Å². The average molecular weight is 367 g/mol. The molecular weight excluding hydrogens is 342 g/mol. The Kier molecular flexibility index (Phi) is 5.96. The number of carbonyl (C=O) groups is 2. The minimum atomic E-state index is -0.0709. The third kappa shape index (κ3) is 4.58. The van der Waals surface area contributed by atoms with Crippen LogP contribution in [0, 0.1) is 0 Å². The molecule has 6 nitrogen and oxygen atoms in total. The van der Waals surface area contributed by atoms with Crippen molar-refractivity contribution >= 4 is 17.5 Å². The van der Waals surface area contributed by atoms with Gasteiger partial charge in [-0.15, -0.1) is 0 Å². The molecule has 1 heterocycles. The minimum Gasteiger partial charge on any atom is -0.497 e. The van der Waals surface area contributed by atoms with E-state index in [-0.39, 0.29) is 11.8 Å². The summed E-state index contributed by atoms with van der Waals surface area (Å²) in [6, 6.07) is 14.9. The summed E-state index contributed by atoms with van der Waals surface area (Å²) in [6.07, 6.45) is 1.16. The number of rotatable bonds is 5. The molecule has 6 heteroatoms. The van der Waals surface area contributed by atoms with E-state index >= 15 is 0 Å². The molecule has 0 unspecified atom stereocenters. The van der Waals surface area contributed by atoms with Crippen molar-refractivity contribution in [2.24, 2.45) is 0 Å². The van der Waals surface area contributed by atoms with Crippen LogP contribution >= 0.6 is 0 Å². The molecule has 0 atom stereocenters. The first-order chi connectivity index (χ1) is 13.1. The summed E-state index contributed by atoms with van der Waals surface area (Å²) >= 11 is 0. The van der Waals surface area contributed by atoms with Crippen LogP contribution in [0.15, 0.2) is 48.5 Å². The first-order valence-electron chi connectivity index (χ1n) is 9.13. The lowest BCUT2D eigenvalue weighted by Crippen LogP contribution is -2.50. The number of nitrogens with zero attached hydrogens (tertiary/aromatic N) is 2. The van der Waals surface area contributed by atoms with Gasteiger partial charge in [0.25, 0.3) is 5.91 Å². The van der Waals surface area contributed by atoms with E-state index in [9.17, 15) is 9.59 Å². The minimum absolute atomic E-state index is 0.0709. The Hall–Kier alpha value is -3.02. The van der Waals surface area contributed by atoms with Crippen molar-refractivity contribution in [2.45, 2.75) is 12.8 Å². The number of nitrogen functional groups attached to an aromatic ring is 1. The van der Waals surface area contributed by atoms with E-state index in [1.807, 2.05) is 41.3 Å². The lowest BCUT2D eigenvalue weighted by atomic mass is 10.1. The quantitative estimate of drug-likeness (QED) is 0.822. The molecule has 0 spiro atoms. The van der Waals surface area contributed by atoms with Crippen LogP contribution in [0.25, 0.3) is 0 Å². The largest absolute Gasteiger partial charge is 0.497 e. The number of hydrogen-bond donors (Lipinski definition) is 1. The number of para-hydroxylation sites is 1. The molecule has 1 fully saturated rings. The summed E-state index contributed by atoms with van der Waals surface area (Å²) in [6.45, 7) is 2.17. The van der Waals surface area contributed by atoms with Crippen molar-refractivity contribution < 1.29 is 14.3 Å². The van der Waals surface area contributed by atoms with Crippen molar-refractivity contribution in [1.82, 2.24) is 9.80 Å². The number of anilines is 1. The Balaban J connectivity index is 1.48. The molecule has 0 aliphatic carbocycles. The first kappa shape index (κ1) is 18.8. The molecule has 0 radical (unpaired) electrons. The molecule has 2 N–H and O–H groups in total. The lowest BCUT2D eigenvalue weighted by Gasteiger charge is -2.35. The van der Waals surface area contributed by atoms with Crippen molar-refractivity contribution in [3.05, 3.63) is 59.7 Å². The molecule has 1 aliphatic rings. The number of nitrogens with two attached hydrogens (primary N) is 1. The Bertz CT molecular complexity index is 797. The molecule has 0 aromatic heterocycles. The summed E-state index contributed by atoms with van der Waals surface area (Å²) in [5.41, 5.74) is 8.02. The maximum absolute atomic E-state index is 12.6. The third-order valence-electron chi connectivity index (χ3n) is 4.90. The second-order valence-electron chi connectivity index (χ2n) is 6.61. The van der Waals surface area contributed by atoms with Crippen molar-refractivity contribution in [2.75, 3.05) is 39.0 Å². The highest BCUT2D eigenvalue weighted by Gasteiger charge is 2.25. The monoisotopic (exact) mass is 367 g/mol. The van der Waals surface area contributed by atoms with Crippen LogP contribution < -0.4 is 10.5 Å². The predicted molar refractivity (Wildman–Crippen MR) is 105 cm³/mol. The molecule has 2 amide bonds. The molecule has 0 saturated carbocycles. The fraction of sp³-hybridized carbons (Fsp3) is 0.333. The zero-order valence-electron chi connectivity index (χ0n) is 15.6. The summed E-state index contributed by atoms with van der Waals surface area (Å²) in [5.74, 6) is 0.862. The maximum Gasteiger partial charge on any atom is 0.256 e. The molecule has 27 heavy (non-hydrogen) atoms. The number of hydrogen-bond acceptors (Lipinski definition) is 4. The number of methoxy groups -OCH3 is 1. The molecular formula is C21H25N3O3. The maximum atomic E-state index is 12.6. The van der Waals surface area contributed by atoms with Crippen LogP contribution in [0.3, 0.4) is 0 Å². The lowest BCUT2D eigenvalue weighted by molar-refractivity contribution is -0.132. The summed E-state index contributed by atoms with van der Waals surface area (Å²) in [7, 11) is 1.63. The predicted octanol–water partition coefficient (Wildman–Crippen LogP) is 2.19. The second-order valence-corrected chi connectivity index (χ2v) is 6.61. The standard InChI is InChI=1S/C21H25N3O3/c1-27-17-9-6-16(7-10-17)8-11-20(25)23-12-14-24(15-13-23)21(26)18-4-2-3-5-19(18)22/h2-7,9-10H,8,11-15,22H2,1H3. The number of aryl methyl sites for hydroxylation is 1. The van der Waals surface area contributed by atoms with Crippen LogP contribution in [-0.4, -0.2) is 54.9 Å². The number of carbonyl (C=O) groups excluding carboxylic acids is 2. The zero-order chi connectivity index (χ0) is 19.2. The normalized spacial score (nSPS) is 14.1. The smallest absolute Gasteiger partial charge is 0.256 e. The summed E-state index contributed by atoms with van der Waals surface area (Å²) < 4.78 is 5.14. The number of amides is 2. The van der Waals surface area contributed by atoms with Crippen LogP contribution in [0.2, 0.25) is 0 Å². The van der Waals surface area contributed by atoms with Gasteiger partial charge in [0.2, 0.25) is 5.91 Å². The van der Waals surface area contributed by atoms with Gasteiger partial charge in [-0.3, -0.25) is 9.59 Å². The molecule has 1 aliphatic heterocycles. The van der Waals surface area contributed by atoms with Gasteiger partial charge in [-0.25, -0.2) is 0 Å². The topological polar surface area (TPSA) is 75.9 Å². The highest BCUT2D eigenvalue weighted by Crippen LogP contribution is 2.16. The molecule has 142 valence electrons. The number of benzene rings is 2. The van der Waals surface area contributed by atoms with Crippen molar-refractivity contribution in [3.63, 3.8) is 0 Å². The van der Waals surface area contributed by atoms with Gasteiger partial charge in [-0.1, -0.05) is 24.3 Å². The highest BCUT2D eigenvalue weighted by atomic mass is 16.5. The Morgan fingerprint density at radius 3 is 2.22 bits per heavy atom. The summed E-state index contributed by atoms with van der Waals surface area (Å²) in [5, 5.41) is 0. The Morgan fingerprint density at radius 2 is 1.59 bits per heavy atom. The fourth-order valence-corrected chi connectivity index (χ4v) is 3.22. The molecule has 2 aromatic rings. The fourth-order valence-electron chi connectivity index (χ4n) is 3.22. The molecule has 0 bridgehead atoms. The highest BCUT2D eigenvalue weighted by molar-refractivity contribution is 5.99. The van der Waals surface area contributed by atoms with Crippen LogP contribution in [-0.2, 0) is 11.2 Å². The first-order valence-corrected chi connectivity index (χ1v) is 9.13. The van der Waals surface area contributed by atoms with E-state index in [2.05, 4.69) is 0 Å². The zero-order valence-corrected chi connectivity index (χ0v) is 15.6. The van der Waals surface area contributed by atoms with E-state index in [1.54, 1.807) is 24.1 Å². The second kappa shape index (κ2) is 8.58. The van der Waals surface area contributed by atoms with Crippen molar-refractivity contribution in [3.8, 4) is 5.75 Å². The van der Waals surface area contributed by atoms with E-state index in [0.29, 0.717) is 50.3 Å². The number of piperazine rings is 1. The van der Waals surface area contributed by atoms with Gasteiger partial charge in [0.15, 0.2) is 0 Å². The van der Waals surface area contributed by atoms with Gasteiger partial charge in [-0.2, -0.15) is 0 Å². The van der Waals surface area contributed by atoms with E-state index in [1.165, 1.54) is 0 Å². The number of ether oxygens (including phenoxy) is 1. The van der Waals surface area contributed by atoms with Gasteiger partial charge < -0.3 is 20.3 Å². The van der Waals surface area contributed by atoms with Crippen LogP contribution in [0.5, 0.6) is 5.75 Å². The third-order valence-corrected chi connectivity index (χ3v) is 4.90. The van der Waals surface area contributed by atoms with Gasteiger partial charge >= 0.3 is 0 Å². The van der Waals surface area contributed by atoms with Gasteiger partial charge in [0.1, 0.15) is 5.75 Å². The molecule has 1 saturated heterocycles. The van der Waals surface area contributed by atoms with E-state index in [4.69, 9.17) is 10.5 Å². The van der Waals surface area contributed by atoms with Gasteiger partial charge in [0, 0.05) is 38.3 Å². The van der Waals surface area contributed by atoms with Crippen LogP contribution in [0.4, 0.5) is 5.69 Å². The van der Waals surface area contributed by atoms with E-state index in [0.717, 1.165) is 11.3 Å². The van der Waals surface area contributed by atoms with Crippen molar-refractivity contribution in [1.29, 1.82) is 0 Å². The summed E-state index contributed by atoms with van der Waals surface area (Å²) in [4.78, 5) is 28.7. The van der Waals surface area contributed by atoms with Gasteiger partial charge in [0.05, 0.1) is 12.7 Å². The van der Waals surface area contributed by atoms with Gasteiger partial charge in [-0.05, 0) is 36.2 Å². The Labute approximate surface area is 159 Å². The SMILES string of the molecule is COc1ccc(CCC(=O)N2CCN(C(=O)c3ccccc3N)CC2)cc1. The Morgan fingerprint density at radius 1 is 0.963 bits per heavy atom.